The van der Waals surface area contributed by atoms with Crippen LogP contribution in [0.1, 0.15) is 32.8 Å². The zero-order chi connectivity index (χ0) is 15.3. The van der Waals surface area contributed by atoms with Crippen LogP contribution in [-0.4, -0.2) is 31.3 Å². The summed E-state index contributed by atoms with van der Waals surface area (Å²) in [6.07, 6.45) is 0.874. The van der Waals surface area contributed by atoms with E-state index in [1.54, 1.807) is 0 Å². The number of esters is 1. The van der Waals surface area contributed by atoms with E-state index in [4.69, 9.17) is 14.2 Å². The SMILES string of the molecule is CC(C)(C)OC(=O)CNCc1cccc2c1OCCCO2. The van der Waals surface area contributed by atoms with Crippen LogP contribution in [0.15, 0.2) is 18.2 Å². The van der Waals surface area contributed by atoms with E-state index in [0.717, 1.165) is 23.5 Å². The number of hydrogen-bond acceptors (Lipinski definition) is 5. The van der Waals surface area contributed by atoms with Gasteiger partial charge in [-0.3, -0.25) is 4.79 Å². The van der Waals surface area contributed by atoms with Crippen molar-refractivity contribution < 1.29 is 19.0 Å². The number of benzene rings is 1. The lowest BCUT2D eigenvalue weighted by Gasteiger charge is -2.19. The Bertz CT molecular complexity index is 494. The highest BCUT2D eigenvalue weighted by molar-refractivity contribution is 5.72. The summed E-state index contributed by atoms with van der Waals surface area (Å²) in [5.41, 5.74) is 0.525. The summed E-state index contributed by atoms with van der Waals surface area (Å²) < 4.78 is 16.6. The number of para-hydroxylation sites is 1. The molecule has 0 saturated carbocycles. The summed E-state index contributed by atoms with van der Waals surface area (Å²) >= 11 is 0. The van der Waals surface area contributed by atoms with E-state index in [0.29, 0.717) is 19.8 Å². The second-order valence-electron chi connectivity index (χ2n) is 5.98. The van der Waals surface area contributed by atoms with Gasteiger partial charge in [0.05, 0.1) is 19.8 Å². The van der Waals surface area contributed by atoms with Gasteiger partial charge in [0.25, 0.3) is 0 Å². The number of carbonyl (C=O) groups excluding carboxylic acids is 1. The van der Waals surface area contributed by atoms with Crippen molar-refractivity contribution >= 4 is 5.97 Å². The molecule has 1 heterocycles. The molecule has 0 unspecified atom stereocenters. The summed E-state index contributed by atoms with van der Waals surface area (Å²) in [4.78, 5) is 11.7. The normalized spacial score (nSPS) is 14.4. The summed E-state index contributed by atoms with van der Waals surface area (Å²) in [6.45, 7) is 7.58. The standard InChI is InChI=1S/C16H23NO4/c1-16(2,3)21-14(18)11-17-10-12-6-4-7-13-15(12)20-9-5-8-19-13/h4,6-7,17H,5,8-11H2,1-3H3. The fraction of sp³-hybridized carbons (Fsp3) is 0.562. The van der Waals surface area contributed by atoms with E-state index in [2.05, 4.69) is 5.32 Å². The maximum atomic E-state index is 11.7. The van der Waals surface area contributed by atoms with Crippen LogP contribution < -0.4 is 14.8 Å². The van der Waals surface area contributed by atoms with Gasteiger partial charge in [-0.05, 0) is 26.8 Å². The molecule has 2 rings (SSSR count). The lowest BCUT2D eigenvalue weighted by atomic mass is 10.2. The van der Waals surface area contributed by atoms with Crippen LogP contribution in [0.25, 0.3) is 0 Å². The molecule has 0 fully saturated rings. The van der Waals surface area contributed by atoms with Crippen LogP contribution in [0.2, 0.25) is 0 Å². The minimum atomic E-state index is -0.459. The molecule has 116 valence electrons. The molecule has 1 aromatic carbocycles. The zero-order valence-corrected chi connectivity index (χ0v) is 12.9. The Balaban J connectivity index is 1.90. The van der Waals surface area contributed by atoms with Crippen LogP contribution >= 0.6 is 0 Å². The smallest absolute Gasteiger partial charge is 0.320 e. The summed E-state index contributed by atoms with van der Waals surface area (Å²) in [5.74, 6) is 1.28. The topological polar surface area (TPSA) is 56.8 Å². The van der Waals surface area contributed by atoms with Crippen molar-refractivity contribution in [1.29, 1.82) is 0 Å². The molecule has 0 bridgehead atoms. The molecule has 0 aliphatic carbocycles. The highest BCUT2D eigenvalue weighted by Gasteiger charge is 2.17. The molecule has 0 atom stereocenters. The Labute approximate surface area is 125 Å². The molecular weight excluding hydrogens is 270 g/mol. The van der Waals surface area contributed by atoms with Gasteiger partial charge in [0.2, 0.25) is 0 Å². The number of carbonyl (C=O) groups is 1. The highest BCUT2D eigenvalue weighted by Crippen LogP contribution is 2.33. The summed E-state index contributed by atoms with van der Waals surface area (Å²) in [6, 6.07) is 5.80. The fourth-order valence-corrected chi connectivity index (χ4v) is 2.07. The molecule has 0 radical (unpaired) electrons. The predicted octanol–water partition coefficient (Wildman–Crippen LogP) is 2.28. The number of fused-ring (bicyclic) bond motifs is 1. The molecule has 1 aromatic rings. The molecule has 0 spiro atoms. The van der Waals surface area contributed by atoms with E-state index < -0.39 is 5.60 Å². The Kier molecular flexibility index (Phi) is 5.07. The lowest BCUT2D eigenvalue weighted by Crippen LogP contribution is -2.31. The van der Waals surface area contributed by atoms with Crippen LogP contribution in [0.5, 0.6) is 11.5 Å². The minimum absolute atomic E-state index is 0.168. The van der Waals surface area contributed by atoms with E-state index in [9.17, 15) is 4.79 Å². The second-order valence-corrected chi connectivity index (χ2v) is 5.98. The molecule has 0 amide bonds. The lowest BCUT2D eigenvalue weighted by molar-refractivity contribution is -0.153. The number of nitrogens with one attached hydrogen (secondary N) is 1. The van der Waals surface area contributed by atoms with Crippen molar-refractivity contribution in [3.63, 3.8) is 0 Å². The summed E-state index contributed by atoms with van der Waals surface area (Å²) in [7, 11) is 0. The maximum absolute atomic E-state index is 11.7. The largest absolute Gasteiger partial charge is 0.490 e. The third kappa shape index (κ3) is 4.93. The average Bonchev–Trinajstić information content (AvgIpc) is 2.62. The van der Waals surface area contributed by atoms with E-state index >= 15 is 0 Å². The molecular formula is C16H23NO4. The van der Waals surface area contributed by atoms with E-state index in [1.165, 1.54) is 0 Å². The van der Waals surface area contributed by atoms with Crippen LogP contribution in [0.4, 0.5) is 0 Å². The Morgan fingerprint density at radius 1 is 1.29 bits per heavy atom. The predicted molar refractivity (Wildman–Crippen MR) is 79.6 cm³/mol. The first kappa shape index (κ1) is 15.6. The van der Waals surface area contributed by atoms with Gasteiger partial charge in [0, 0.05) is 18.5 Å². The van der Waals surface area contributed by atoms with Crippen LogP contribution in [-0.2, 0) is 16.1 Å². The van der Waals surface area contributed by atoms with Crippen molar-refractivity contribution in [3.8, 4) is 11.5 Å². The first-order valence-corrected chi connectivity index (χ1v) is 7.26. The highest BCUT2D eigenvalue weighted by atomic mass is 16.6. The molecule has 0 saturated heterocycles. The van der Waals surface area contributed by atoms with Gasteiger partial charge < -0.3 is 19.5 Å². The molecule has 0 aromatic heterocycles. The van der Waals surface area contributed by atoms with Gasteiger partial charge in [0.15, 0.2) is 11.5 Å². The third-order valence-electron chi connectivity index (χ3n) is 2.86. The first-order chi connectivity index (χ1) is 9.96. The fourth-order valence-electron chi connectivity index (χ4n) is 2.07. The van der Waals surface area contributed by atoms with Crippen molar-refractivity contribution in [2.45, 2.75) is 39.3 Å². The van der Waals surface area contributed by atoms with Crippen molar-refractivity contribution in [1.82, 2.24) is 5.32 Å². The van der Waals surface area contributed by atoms with Gasteiger partial charge in [-0.25, -0.2) is 0 Å². The number of ether oxygens (including phenoxy) is 3. The first-order valence-electron chi connectivity index (χ1n) is 7.26. The van der Waals surface area contributed by atoms with Crippen molar-refractivity contribution in [2.75, 3.05) is 19.8 Å². The third-order valence-corrected chi connectivity index (χ3v) is 2.86. The van der Waals surface area contributed by atoms with Crippen LogP contribution in [0, 0.1) is 0 Å². The molecule has 5 heteroatoms. The Hall–Kier alpha value is -1.75. The maximum Gasteiger partial charge on any atom is 0.320 e. The van der Waals surface area contributed by atoms with Gasteiger partial charge in [0.1, 0.15) is 5.60 Å². The molecule has 1 aliphatic rings. The van der Waals surface area contributed by atoms with Gasteiger partial charge in [-0.2, -0.15) is 0 Å². The molecule has 1 N–H and O–H groups in total. The van der Waals surface area contributed by atoms with E-state index in [-0.39, 0.29) is 12.5 Å². The molecule has 5 nitrogen and oxygen atoms in total. The Morgan fingerprint density at radius 3 is 2.81 bits per heavy atom. The Morgan fingerprint density at radius 2 is 2.05 bits per heavy atom. The van der Waals surface area contributed by atoms with Crippen molar-refractivity contribution in [3.05, 3.63) is 23.8 Å². The minimum Gasteiger partial charge on any atom is -0.490 e. The number of rotatable bonds is 4. The zero-order valence-electron chi connectivity index (χ0n) is 12.9. The van der Waals surface area contributed by atoms with E-state index in [1.807, 2.05) is 39.0 Å². The van der Waals surface area contributed by atoms with Gasteiger partial charge >= 0.3 is 5.97 Å². The van der Waals surface area contributed by atoms with Crippen molar-refractivity contribution in [2.24, 2.45) is 0 Å². The monoisotopic (exact) mass is 293 g/mol. The number of hydrogen-bond donors (Lipinski definition) is 1. The van der Waals surface area contributed by atoms with Crippen LogP contribution in [0.3, 0.4) is 0 Å². The molecule has 1 aliphatic heterocycles. The quantitative estimate of drug-likeness (QED) is 0.863. The average molecular weight is 293 g/mol. The molecule has 21 heavy (non-hydrogen) atoms. The summed E-state index contributed by atoms with van der Waals surface area (Å²) in [5, 5.41) is 3.08. The second kappa shape index (κ2) is 6.80. The van der Waals surface area contributed by atoms with Gasteiger partial charge in [-0.1, -0.05) is 12.1 Å². The van der Waals surface area contributed by atoms with Gasteiger partial charge in [-0.15, -0.1) is 0 Å².